The molecular formula is C20H18Cl2N2S. The quantitative estimate of drug-likeness (QED) is 0.574. The lowest BCUT2D eigenvalue weighted by Gasteiger charge is -2.30. The van der Waals surface area contributed by atoms with E-state index in [1.807, 2.05) is 35.9 Å². The molecule has 2 unspecified atom stereocenters. The minimum Gasteiger partial charge on any atom is -0.306 e. The van der Waals surface area contributed by atoms with E-state index in [1.54, 1.807) is 0 Å². The second-order valence-corrected chi connectivity index (χ2v) is 8.09. The minimum absolute atomic E-state index is 0.397. The van der Waals surface area contributed by atoms with Crippen LogP contribution in [0.5, 0.6) is 0 Å². The number of nitrogens with zero attached hydrogens (tertiary/aromatic N) is 1. The topological polar surface area (TPSA) is 24.9 Å². The van der Waals surface area contributed by atoms with Gasteiger partial charge >= 0.3 is 0 Å². The third kappa shape index (κ3) is 3.61. The molecule has 3 aromatic rings. The molecule has 0 amide bonds. The van der Waals surface area contributed by atoms with Crippen molar-refractivity contribution < 1.29 is 0 Å². The highest BCUT2D eigenvalue weighted by atomic mass is 35.5. The largest absolute Gasteiger partial charge is 0.306 e. The van der Waals surface area contributed by atoms with Crippen LogP contribution in [0.4, 0.5) is 0 Å². The van der Waals surface area contributed by atoms with E-state index in [9.17, 15) is 0 Å². The smallest absolute Gasteiger partial charge is 0.0595 e. The number of nitrogens with one attached hydrogen (secondary N) is 1. The highest BCUT2D eigenvalue weighted by Crippen LogP contribution is 2.45. The first kappa shape index (κ1) is 17.0. The van der Waals surface area contributed by atoms with Crippen molar-refractivity contribution in [2.45, 2.75) is 31.3 Å². The zero-order chi connectivity index (χ0) is 17.2. The number of aromatic nitrogens is 1. The molecule has 0 aliphatic heterocycles. The van der Waals surface area contributed by atoms with Gasteiger partial charge in [-0.1, -0.05) is 29.3 Å². The fraction of sp³-hybridized carbons (Fsp3) is 0.250. The van der Waals surface area contributed by atoms with Crippen LogP contribution in [0, 0.1) is 0 Å². The number of halogens is 2. The molecule has 1 aliphatic rings. The molecule has 2 aromatic heterocycles. The van der Waals surface area contributed by atoms with E-state index in [4.69, 9.17) is 23.2 Å². The Labute approximate surface area is 161 Å². The first-order valence-electron chi connectivity index (χ1n) is 8.37. The van der Waals surface area contributed by atoms with Gasteiger partial charge in [-0.05, 0) is 65.2 Å². The molecule has 0 fully saturated rings. The maximum absolute atomic E-state index is 6.23. The fourth-order valence-corrected chi connectivity index (χ4v) is 4.96. The lowest BCUT2D eigenvalue weighted by atomic mass is 9.82. The van der Waals surface area contributed by atoms with E-state index in [2.05, 4.69) is 39.9 Å². The zero-order valence-corrected chi connectivity index (χ0v) is 15.9. The summed E-state index contributed by atoms with van der Waals surface area (Å²) in [6, 6.07) is 12.8. The van der Waals surface area contributed by atoms with Crippen LogP contribution in [0.2, 0.25) is 10.0 Å². The van der Waals surface area contributed by atoms with Crippen molar-refractivity contribution in [1.29, 1.82) is 0 Å². The first-order chi connectivity index (χ1) is 12.2. The van der Waals surface area contributed by atoms with Crippen molar-refractivity contribution in [2.24, 2.45) is 0 Å². The third-order valence-corrected chi connectivity index (χ3v) is 6.60. The van der Waals surface area contributed by atoms with Gasteiger partial charge in [0.2, 0.25) is 0 Å². The lowest BCUT2D eigenvalue weighted by Crippen LogP contribution is -2.25. The second kappa shape index (κ2) is 7.46. The summed E-state index contributed by atoms with van der Waals surface area (Å²) in [6.07, 6.45) is 5.90. The molecule has 0 radical (unpaired) electrons. The molecule has 2 nitrogen and oxygen atoms in total. The van der Waals surface area contributed by atoms with Gasteiger partial charge in [0.1, 0.15) is 0 Å². The summed E-state index contributed by atoms with van der Waals surface area (Å²) in [5, 5.41) is 7.15. The second-order valence-electron chi connectivity index (χ2n) is 6.33. The summed E-state index contributed by atoms with van der Waals surface area (Å²) >= 11 is 14.1. The van der Waals surface area contributed by atoms with E-state index >= 15 is 0 Å². The number of pyridine rings is 1. The number of benzene rings is 1. The van der Waals surface area contributed by atoms with Gasteiger partial charge in [-0.3, -0.25) is 4.98 Å². The Balaban J connectivity index is 1.55. The van der Waals surface area contributed by atoms with Crippen molar-refractivity contribution >= 4 is 34.5 Å². The highest BCUT2D eigenvalue weighted by molar-refractivity contribution is 7.10. The van der Waals surface area contributed by atoms with E-state index in [0.717, 1.165) is 19.4 Å². The maximum atomic E-state index is 6.23. The molecule has 2 heterocycles. The Morgan fingerprint density at radius 2 is 1.88 bits per heavy atom. The van der Waals surface area contributed by atoms with Gasteiger partial charge in [0.25, 0.3) is 0 Å². The first-order valence-corrected chi connectivity index (χ1v) is 10.0. The van der Waals surface area contributed by atoms with Crippen LogP contribution < -0.4 is 5.32 Å². The van der Waals surface area contributed by atoms with E-state index in [1.165, 1.54) is 21.6 Å². The molecule has 25 heavy (non-hydrogen) atoms. The van der Waals surface area contributed by atoms with Crippen molar-refractivity contribution in [3.05, 3.63) is 85.8 Å². The zero-order valence-electron chi connectivity index (χ0n) is 13.6. The van der Waals surface area contributed by atoms with Gasteiger partial charge in [-0.25, -0.2) is 0 Å². The summed E-state index contributed by atoms with van der Waals surface area (Å²) < 4.78 is 0. The number of rotatable bonds is 4. The Hall–Kier alpha value is -1.39. The third-order valence-electron chi connectivity index (χ3n) is 4.81. The fourth-order valence-electron chi connectivity index (χ4n) is 3.52. The normalized spacial score (nSPS) is 19.6. The predicted molar refractivity (Wildman–Crippen MR) is 106 cm³/mol. The van der Waals surface area contributed by atoms with Crippen molar-refractivity contribution in [2.75, 3.05) is 0 Å². The summed E-state index contributed by atoms with van der Waals surface area (Å²) in [6.45, 7) is 0.861. The molecule has 1 aromatic carbocycles. The summed E-state index contributed by atoms with van der Waals surface area (Å²) in [5.41, 5.74) is 3.94. The van der Waals surface area contributed by atoms with Gasteiger partial charge in [0.15, 0.2) is 0 Å². The summed E-state index contributed by atoms with van der Waals surface area (Å²) in [7, 11) is 0. The molecular weight excluding hydrogens is 371 g/mol. The molecule has 0 saturated heterocycles. The minimum atomic E-state index is 0.397. The molecule has 0 saturated carbocycles. The molecule has 2 atom stereocenters. The average molecular weight is 389 g/mol. The standard InChI is InChI=1S/C20H18Cl2N2S/c21-17-3-1-14(11-18(17)22)15-2-4-19(16-7-10-25-20(15)16)24-12-13-5-8-23-9-6-13/h1,3,5-11,15,19,24H,2,4,12H2. The molecule has 0 spiro atoms. The van der Waals surface area contributed by atoms with Crippen molar-refractivity contribution in [3.8, 4) is 0 Å². The summed E-state index contributed by atoms with van der Waals surface area (Å²) in [4.78, 5) is 5.52. The van der Waals surface area contributed by atoms with Crippen molar-refractivity contribution in [1.82, 2.24) is 10.3 Å². The number of fused-ring (bicyclic) bond motifs is 1. The molecule has 0 bridgehead atoms. The monoisotopic (exact) mass is 388 g/mol. The Morgan fingerprint density at radius 3 is 2.68 bits per heavy atom. The number of hydrogen-bond donors (Lipinski definition) is 1. The van der Waals surface area contributed by atoms with Gasteiger partial charge in [0.05, 0.1) is 10.0 Å². The van der Waals surface area contributed by atoms with Crippen LogP contribution >= 0.6 is 34.5 Å². The van der Waals surface area contributed by atoms with Crippen LogP contribution in [0.3, 0.4) is 0 Å². The van der Waals surface area contributed by atoms with E-state index in [-0.39, 0.29) is 0 Å². The Morgan fingerprint density at radius 1 is 1.04 bits per heavy atom. The molecule has 1 N–H and O–H groups in total. The van der Waals surface area contributed by atoms with Crippen LogP contribution in [-0.2, 0) is 6.54 Å². The predicted octanol–water partition coefficient (Wildman–Crippen LogP) is 6.21. The summed E-state index contributed by atoms with van der Waals surface area (Å²) in [5.74, 6) is 0.406. The molecule has 128 valence electrons. The molecule has 4 rings (SSSR count). The van der Waals surface area contributed by atoms with Crippen LogP contribution in [-0.4, -0.2) is 4.98 Å². The average Bonchev–Trinajstić information content (AvgIpc) is 3.13. The maximum Gasteiger partial charge on any atom is 0.0595 e. The van der Waals surface area contributed by atoms with Gasteiger partial charge in [0, 0.05) is 35.8 Å². The number of hydrogen-bond acceptors (Lipinski definition) is 3. The lowest BCUT2D eigenvalue weighted by molar-refractivity contribution is 0.444. The van der Waals surface area contributed by atoms with Crippen LogP contribution in [0.15, 0.2) is 54.2 Å². The van der Waals surface area contributed by atoms with Crippen LogP contribution in [0.25, 0.3) is 0 Å². The highest BCUT2D eigenvalue weighted by Gasteiger charge is 2.29. The molecule has 5 heteroatoms. The van der Waals surface area contributed by atoms with E-state index in [0.29, 0.717) is 22.0 Å². The van der Waals surface area contributed by atoms with Gasteiger partial charge < -0.3 is 5.32 Å². The number of thiophene rings is 1. The van der Waals surface area contributed by atoms with Gasteiger partial charge in [-0.2, -0.15) is 0 Å². The molecule has 1 aliphatic carbocycles. The Bertz CT molecular complexity index is 863. The van der Waals surface area contributed by atoms with E-state index < -0.39 is 0 Å². The van der Waals surface area contributed by atoms with Gasteiger partial charge in [-0.15, -0.1) is 11.3 Å². The van der Waals surface area contributed by atoms with Crippen molar-refractivity contribution in [3.63, 3.8) is 0 Å². The Kier molecular flexibility index (Phi) is 5.09. The van der Waals surface area contributed by atoms with Crippen LogP contribution in [0.1, 0.15) is 46.4 Å². The SMILES string of the molecule is Clc1ccc(C2CCC(NCc3ccncc3)c3ccsc32)cc1Cl.